The summed E-state index contributed by atoms with van der Waals surface area (Å²) in [6.45, 7) is 13.4. The Hall–Kier alpha value is -2.31. The molecule has 0 saturated heterocycles. The molecule has 1 aliphatic heterocycles. The highest BCUT2D eigenvalue weighted by molar-refractivity contribution is 6.31. The lowest BCUT2D eigenvalue weighted by Crippen LogP contribution is -2.36. The van der Waals surface area contributed by atoms with E-state index in [1.807, 2.05) is 72.0 Å². The van der Waals surface area contributed by atoms with Crippen molar-refractivity contribution in [1.29, 1.82) is 0 Å². The first kappa shape index (κ1) is 28.3. The summed E-state index contributed by atoms with van der Waals surface area (Å²) in [5.74, 6) is -0.134. The van der Waals surface area contributed by atoms with Crippen LogP contribution in [0.3, 0.4) is 0 Å². The number of halogens is 1. The Kier molecular flexibility index (Phi) is 9.28. The molecule has 0 radical (unpaired) electrons. The number of nitrogens with zero attached hydrogens (tertiary/aromatic N) is 2. The van der Waals surface area contributed by atoms with Crippen LogP contribution in [0.4, 0.5) is 4.79 Å². The van der Waals surface area contributed by atoms with E-state index in [-0.39, 0.29) is 18.1 Å². The number of aromatic nitrogens is 1. The number of rotatable bonds is 9. The number of hydrogen-bond donors (Lipinski definition) is 0. The maximum absolute atomic E-state index is 12.7. The Balaban J connectivity index is 1.72. The zero-order valence-electron chi connectivity index (χ0n) is 22.6. The number of hydrogen-bond acceptors (Lipinski definition) is 5. The van der Waals surface area contributed by atoms with Crippen LogP contribution in [0.2, 0.25) is 5.02 Å². The van der Waals surface area contributed by atoms with E-state index in [0.717, 1.165) is 67.0 Å². The van der Waals surface area contributed by atoms with Crippen molar-refractivity contribution in [2.75, 3.05) is 13.2 Å². The van der Waals surface area contributed by atoms with E-state index in [4.69, 9.17) is 21.1 Å². The van der Waals surface area contributed by atoms with Crippen molar-refractivity contribution >= 4 is 23.7 Å². The van der Waals surface area contributed by atoms with Crippen molar-refractivity contribution in [3.8, 4) is 0 Å². The SMILES string of the molecule is CCOC(=O)C(C)(C)CCCCC(c1ccccc1Cl)N1CCc2c(ccn2C(=O)OC(C)(C)C)C1. The minimum Gasteiger partial charge on any atom is -0.466 e. The number of ether oxygens (including phenoxy) is 2. The summed E-state index contributed by atoms with van der Waals surface area (Å²) in [6, 6.07) is 10.2. The predicted octanol–water partition coefficient (Wildman–Crippen LogP) is 7.17. The van der Waals surface area contributed by atoms with E-state index in [2.05, 4.69) is 11.0 Å². The van der Waals surface area contributed by atoms with Gasteiger partial charge >= 0.3 is 12.1 Å². The second kappa shape index (κ2) is 11.8. The maximum atomic E-state index is 12.7. The normalized spacial score (nSPS) is 15.3. The molecule has 0 bridgehead atoms. The van der Waals surface area contributed by atoms with Crippen molar-refractivity contribution in [1.82, 2.24) is 9.47 Å². The van der Waals surface area contributed by atoms with Crippen molar-refractivity contribution in [2.24, 2.45) is 5.41 Å². The molecule has 3 rings (SSSR count). The molecular weight excluding hydrogens is 476 g/mol. The zero-order valence-corrected chi connectivity index (χ0v) is 23.4. The molecule has 0 spiro atoms. The van der Waals surface area contributed by atoms with Gasteiger partial charge in [-0.05, 0) is 77.6 Å². The molecule has 36 heavy (non-hydrogen) atoms. The van der Waals surface area contributed by atoms with Gasteiger partial charge in [-0.15, -0.1) is 0 Å². The molecule has 0 fully saturated rings. The molecule has 1 unspecified atom stereocenters. The lowest BCUT2D eigenvalue weighted by atomic mass is 9.86. The number of benzene rings is 1. The Bertz CT molecular complexity index is 1050. The first-order valence-corrected chi connectivity index (χ1v) is 13.4. The van der Waals surface area contributed by atoms with Crippen LogP contribution < -0.4 is 0 Å². The van der Waals surface area contributed by atoms with Gasteiger partial charge in [0, 0.05) is 42.5 Å². The standard InChI is InChI=1S/C29H41ClN2O4/c1-7-35-26(33)29(5,6)17-11-10-14-25(22-12-8-9-13-23(22)30)31-18-16-24-21(20-31)15-19-32(24)27(34)36-28(2,3)4/h8-9,12-13,15,19,25H,7,10-11,14,16-18,20H2,1-6H3. The van der Waals surface area contributed by atoms with E-state index >= 15 is 0 Å². The van der Waals surface area contributed by atoms with E-state index in [1.54, 1.807) is 4.57 Å². The number of carbonyl (C=O) groups is 2. The van der Waals surface area contributed by atoms with Gasteiger partial charge in [-0.3, -0.25) is 14.3 Å². The Morgan fingerprint density at radius 1 is 1.08 bits per heavy atom. The van der Waals surface area contributed by atoms with Gasteiger partial charge in [0.25, 0.3) is 0 Å². The van der Waals surface area contributed by atoms with Crippen LogP contribution in [-0.2, 0) is 27.2 Å². The third-order valence-corrected chi connectivity index (χ3v) is 7.09. The topological polar surface area (TPSA) is 60.8 Å². The molecule has 7 heteroatoms. The fourth-order valence-corrected chi connectivity index (χ4v) is 5.10. The van der Waals surface area contributed by atoms with Gasteiger partial charge in [0.2, 0.25) is 0 Å². The second-order valence-electron chi connectivity index (χ2n) is 11.2. The van der Waals surface area contributed by atoms with Crippen LogP contribution in [0.25, 0.3) is 0 Å². The van der Waals surface area contributed by atoms with Crippen LogP contribution in [0.5, 0.6) is 0 Å². The van der Waals surface area contributed by atoms with Gasteiger partial charge in [-0.25, -0.2) is 4.79 Å². The van der Waals surface area contributed by atoms with Gasteiger partial charge in [0.05, 0.1) is 12.0 Å². The molecule has 0 aliphatic carbocycles. The van der Waals surface area contributed by atoms with Crippen molar-refractivity contribution in [2.45, 2.75) is 91.8 Å². The summed E-state index contributed by atoms with van der Waals surface area (Å²) in [7, 11) is 0. The van der Waals surface area contributed by atoms with Gasteiger partial charge in [-0.2, -0.15) is 0 Å². The molecule has 1 aromatic carbocycles. The lowest BCUT2D eigenvalue weighted by molar-refractivity contribution is -0.153. The number of esters is 1. The second-order valence-corrected chi connectivity index (χ2v) is 11.7. The third-order valence-electron chi connectivity index (χ3n) is 6.75. The summed E-state index contributed by atoms with van der Waals surface area (Å²) in [4.78, 5) is 27.4. The lowest BCUT2D eigenvalue weighted by Gasteiger charge is -2.36. The molecule has 6 nitrogen and oxygen atoms in total. The molecule has 1 aromatic heterocycles. The van der Waals surface area contributed by atoms with Gasteiger partial charge in [0.15, 0.2) is 0 Å². The third kappa shape index (κ3) is 7.13. The smallest absolute Gasteiger partial charge is 0.418 e. The summed E-state index contributed by atoms with van der Waals surface area (Å²) < 4.78 is 12.5. The first-order chi connectivity index (χ1) is 16.9. The van der Waals surface area contributed by atoms with E-state index in [0.29, 0.717) is 6.61 Å². The summed E-state index contributed by atoms with van der Waals surface area (Å²) in [6.07, 6.45) is 5.88. The zero-order chi connectivity index (χ0) is 26.5. The Labute approximate surface area is 220 Å². The fourth-order valence-electron chi connectivity index (χ4n) is 4.84. The van der Waals surface area contributed by atoms with Gasteiger partial charge in [0.1, 0.15) is 5.60 Å². The van der Waals surface area contributed by atoms with Crippen LogP contribution in [-0.4, -0.2) is 40.3 Å². The van der Waals surface area contributed by atoms with Crippen LogP contribution >= 0.6 is 11.6 Å². The van der Waals surface area contributed by atoms with Gasteiger partial charge < -0.3 is 9.47 Å². The minimum atomic E-state index is -0.536. The molecular formula is C29H41ClN2O4. The molecule has 0 amide bonds. The average molecular weight is 517 g/mol. The quantitative estimate of drug-likeness (QED) is 0.261. The summed E-state index contributed by atoms with van der Waals surface area (Å²) in [5, 5.41) is 0.770. The highest BCUT2D eigenvalue weighted by Gasteiger charge is 2.31. The van der Waals surface area contributed by atoms with Crippen molar-refractivity contribution in [3.05, 3.63) is 58.4 Å². The number of carbonyl (C=O) groups excluding carboxylic acids is 2. The monoisotopic (exact) mass is 516 g/mol. The molecule has 2 heterocycles. The first-order valence-electron chi connectivity index (χ1n) is 13.0. The highest BCUT2D eigenvalue weighted by atomic mass is 35.5. The van der Waals surface area contributed by atoms with Crippen LogP contribution in [0.1, 0.15) is 90.1 Å². The highest BCUT2D eigenvalue weighted by Crippen LogP contribution is 2.36. The average Bonchev–Trinajstić information content (AvgIpc) is 3.22. The van der Waals surface area contributed by atoms with Crippen molar-refractivity contribution < 1.29 is 19.1 Å². The number of unbranched alkanes of at least 4 members (excludes halogenated alkanes) is 1. The Morgan fingerprint density at radius 2 is 1.81 bits per heavy atom. The molecule has 1 atom stereocenters. The fraction of sp³-hybridized carbons (Fsp3) is 0.586. The van der Waals surface area contributed by atoms with Crippen LogP contribution in [0, 0.1) is 5.41 Å². The molecule has 0 N–H and O–H groups in total. The number of fused-ring (bicyclic) bond motifs is 1. The van der Waals surface area contributed by atoms with Crippen molar-refractivity contribution in [3.63, 3.8) is 0 Å². The molecule has 198 valence electrons. The minimum absolute atomic E-state index is 0.134. The van der Waals surface area contributed by atoms with E-state index in [9.17, 15) is 9.59 Å². The predicted molar refractivity (Wildman–Crippen MR) is 143 cm³/mol. The molecule has 1 aliphatic rings. The largest absolute Gasteiger partial charge is 0.466 e. The maximum Gasteiger partial charge on any atom is 0.418 e. The van der Waals surface area contributed by atoms with E-state index in [1.165, 1.54) is 0 Å². The summed E-state index contributed by atoms with van der Waals surface area (Å²) >= 11 is 6.65. The van der Waals surface area contributed by atoms with Gasteiger partial charge in [-0.1, -0.05) is 42.6 Å². The summed E-state index contributed by atoms with van der Waals surface area (Å²) in [5.41, 5.74) is 2.27. The molecule has 0 saturated carbocycles. The Morgan fingerprint density at radius 3 is 2.47 bits per heavy atom. The molecule has 2 aromatic rings. The van der Waals surface area contributed by atoms with Crippen LogP contribution in [0.15, 0.2) is 36.5 Å². The van der Waals surface area contributed by atoms with E-state index < -0.39 is 11.0 Å².